The van der Waals surface area contributed by atoms with Crippen molar-refractivity contribution >= 4 is 15.9 Å². The highest BCUT2D eigenvalue weighted by atomic mass is 79.9. The average Bonchev–Trinajstić information content (AvgIpc) is 1.86. The van der Waals surface area contributed by atoms with Crippen LogP contribution in [-0.4, -0.2) is 10.1 Å². The molecular weight excluding hydrogens is 214 g/mol. The molecule has 0 heterocycles. The molecule has 0 aliphatic heterocycles. The summed E-state index contributed by atoms with van der Waals surface area (Å²) < 4.78 is 0. The molecule has 11 heavy (non-hydrogen) atoms. The third kappa shape index (κ3) is 7.58. The minimum absolute atomic E-state index is 0.441. The Balaban J connectivity index is 3.22. The van der Waals surface area contributed by atoms with Crippen LogP contribution in [0.1, 0.15) is 32.6 Å². The van der Waals surface area contributed by atoms with Crippen molar-refractivity contribution in [2.75, 3.05) is 0 Å². The van der Waals surface area contributed by atoms with E-state index in [0.29, 0.717) is 6.42 Å². The van der Waals surface area contributed by atoms with Crippen molar-refractivity contribution in [1.82, 2.24) is 0 Å². The van der Waals surface area contributed by atoms with E-state index in [1.165, 1.54) is 0 Å². The van der Waals surface area contributed by atoms with Crippen molar-refractivity contribution < 1.29 is 9.92 Å². The van der Waals surface area contributed by atoms with Crippen molar-refractivity contribution in [2.24, 2.45) is 0 Å². The molecule has 0 fully saturated rings. The normalized spacial score (nSPS) is 12.5. The van der Waals surface area contributed by atoms with Crippen LogP contribution in [0.5, 0.6) is 0 Å². The van der Waals surface area contributed by atoms with Crippen molar-refractivity contribution in [3.8, 4) is 0 Å². The van der Waals surface area contributed by atoms with E-state index in [9.17, 15) is 10.1 Å². The van der Waals surface area contributed by atoms with E-state index >= 15 is 0 Å². The second-order valence-electron chi connectivity index (χ2n) is 2.23. The van der Waals surface area contributed by atoms with Crippen LogP contribution in [0.25, 0.3) is 0 Å². The molecule has 0 rings (SSSR count). The van der Waals surface area contributed by atoms with Gasteiger partial charge in [-0.3, -0.25) is 4.84 Å². The molecule has 0 amide bonds. The smallest absolute Gasteiger partial charge is 0.295 e. The highest BCUT2D eigenvalue weighted by molar-refractivity contribution is 9.09. The van der Waals surface area contributed by atoms with E-state index < -0.39 is 10.1 Å². The molecule has 4 nitrogen and oxygen atoms in total. The van der Waals surface area contributed by atoms with Gasteiger partial charge in [0.05, 0.1) is 0 Å². The Hall–Kier alpha value is -0.320. The molecule has 0 aliphatic carbocycles. The topological polar surface area (TPSA) is 52.4 Å². The van der Waals surface area contributed by atoms with E-state index in [2.05, 4.69) is 27.7 Å². The van der Waals surface area contributed by atoms with Gasteiger partial charge >= 0.3 is 0 Å². The Bertz CT molecular complexity index is 120. The number of halogens is 1. The van der Waals surface area contributed by atoms with Gasteiger partial charge in [-0.1, -0.05) is 42.1 Å². The summed E-state index contributed by atoms with van der Waals surface area (Å²) in [6.07, 6.45) is 3.84. The van der Waals surface area contributed by atoms with Crippen LogP contribution in [-0.2, 0) is 4.84 Å². The lowest BCUT2D eigenvalue weighted by atomic mass is 10.2. The second kappa shape index (κ2) is 6.39. The van der Waals surface area contributed by atoms with Crippen LogP contribution in [0, 0.1) is 10.1 Å². The molecule has 0 saturated carbocycles. The molecule has 0 aromatic rings. The molecule has 1 atom stereocenters. The summed E-state index contributed by atoms with van der Waals surface area (Å²) in [7, 11) is 0. The number of rotatable bonds is 6. The van der Waals surface area contributed by atoms with Gasteiger partial charge in [0.2, 0.25) is 0 Å². The zero-order chi connectivity index (χ0) is 8.69. The van der Waals surface area contributed by atoms with Crippen molar-refractivity contribution in [3.63, 3.8) is 0 Å². The molecular formula is C6H12BrNO3. The molecule has 1 unspecified atom stereocenters. The Morgan fingerprint density at radius 2 is 2.27 bits per heavy atom. The standard InChI is InChI=1S/C6H12BrNO3/c1-2-3-4-5-6(7)11-8(9)10/h6H,2-5H2,1H3. The van der Waals surface area contributed by atoms with Gasteiger partial charge in [-0.05, 0) is 6.42 Å². The number of hydrogen-bond acceptors (Lipinski definition) is 3. The van der Waals surface area contributed by atoms with Crippen molar-refractivity contribution in [3.05, 3.63) is 10.1 Å². The summed E-state index contributed by atoms with van der Waals surface area (Å²) in [5.74, 6) is 0. The summed E-state index contributed by atoms with van der Waals surface area (Å²) in [5.41, 5.74) is 0. The van der Waals surface area contributed by atoms with Crippen LogP contribution in [0.3, 0.4) is 0 Å². The van der Waals surface area contributed by atoms with Gasteiger partial charge in [0.15, 0.2) is 5.01 Å². The number of nitrogens with zero attached hydrogens (tertiary/aromatic N) is 1. The zero-order valence-corrected chi connectivity index (χ0v) is 8.04. The summed E-state index contributed by atoms with van der Waals surface area (Å²) in [4.78, 5) is 14.0. The van der Waals surface area contributed by atoms with Crippen LogP contribution < -0.4 is 0 Å². The lowest BCUT2D eigenvalue weighted by Gasteiger charge is -2.05. The molecule has 0 N–H and O–H groups in total. The van der Waals surface area contributed by atoms with Crippen LogP contribution in [0.2, 0.25) is 0 Å². The summed E-state index contributed by atoms with van der Waals surface area (Å²) >= 11 is 3.04. The van der Waals surface area contributed by atoms with E-state index in [1.807, 2.05) is 0 Å². The van der Waals surface area contributed by atoms with Gasteiger partial charge in [0.25, 0.3) is 5.09 Å². The van der Waals surface area contributed by atoms with Gasteiger partial charge < -0.3 is 0 Å². The van der Waals surface area contributed by atoms with E-state index in [4.69, 9.17) is 0 Å². The number of alkyl halides is 1. The quantitative estimate of drug-likeness (QED) is 0.302. The fourth-order valence-electron chi connectivity index (χ4n) is 0.701. The van der Waals surface area contributed by atoms with Gasteiger partial charge in [-0.2, -0.15) is 0 Å². The fourth-order valence-corrected chi connectivity index (χ4v) is 1.16. The van der Waals surface area contributed by atoms with E-state index in [-0.39, 0.29) is 0 Å². The lowest BCUT2D eigenvalue weighted by molar-refractivity contribution is -0.761. The third-order valence-electron chi connectivity index (χ3n) is 1.24. The highest BCUT2D eigenvalue weighted by Gasteiger charge is 2.06. The number of unbranched alkanes of at least 4 members (excludes halogenated alkanes) is 2. The highest BCUT2D eigenvalue weighted by Crippen LogP contribution is 2.11. The molecule has 0 bridgehead atoms. The minimum Gasteiger partial charge on any atom is -0.299 e. The minimum atomic E-state index is -0.772. The monoisotopic (exact) mass is 225 g/mol. The van der Waals surface area contributed by atoms with Crippen molar-refractivity contribution in [2.45, 2.75) is 37.6 Å². The maximum Gasteiger partial charge on any atom is 0.295 e. The van der Waals surface area contributed by atoms with Crippen molar-refractivity contribution in [1.29, 1.82) is 0 Å². The molecule has 0 saturated heterocycles. The third-order valence-corrected chi connectivity index (χ3v) is 1.86. The number of hydrogen-bond donors (Lipinski definition) is 0. The summed E-state index contributed by atoms with van der Waals surface area (Å²) in [6.45, 7) is 2.08. The molecule has 0 radical (unpaired) electrons. The van der Waals surface area contributed by atoms with E-state index in [1.54, 1.807) is 0 Å². The maximum absolute atomic E-state index is 9.80. The second-order valence-corrected chi connectivity index (χ2v) is 3.26. The Morgan fingerprint density at radius 3 is 2.73 bits per heavy atom. The zero-order valence-electron chi connectivity index (χ0n) is 6.46. The molecule has 0 aromatic carbocycles. The predicted octanol–water partition coefficient (Wildman–Crippen LogP) is 2.50. The lowest BCUT2D eigenvalue weighted by Crippen LogP contribution is -2.09. The Morgan fingerprint density at radius 1 is 1.64 bits per heavy atom. The van der Waals surface area contributed by atoms with E-state index in [0.717, 1.165) is 19.3 Å². The van der Waals surface area contributed by atoms with Gasteiger partial charge in [0.1, 0.15) is 0 Å². The maximum atomic E-state index is 9.80. The SMILES string of the molecule is CCCCCC(Br)O[N+](=O)[O-]. The molecule has 0 spiro atoms. The van der Waals surface area contributed by atoms with Gasteiger partial charge in [-0.15, -0.1) is 10.1 Å². The average molecular weight is 226 g/mol. The predicted molar refractivity (Wildman–Crippen MR) is 44.9 cm³/mol. The fraction of sp³-hybridized carbons (Fsp3) is 1.00. The molecule has 0 aromatic heterocycles. The van der Waals surface area contributed by atoms with Gasteiger partial charge in [-0.25, -0.2) is 0 Å². The summed E-state index contributed by atoms with van der Waals surface area (Å²) in [6, 6.07) is 0. The first-order valence-corrected chi connectivity index (χ1v) is 4.53. The van der Waals surface area contributed by atoms with Gasteiger partial charge in [0, 0.05) is 0 Å². The van der Waals surface area contributed by atoms with Crippen LogP contribution in [0.15, 0.2) is 0 Å². The molecule has 66 valence electrons. The first-order valence-electron chi connectivity index (χ1n) is 3.62. The molecule has 0 aliphatic rings. The van der Waals surface area contributed by atoms with Crippen LogP contribution in [0.4, 0.5) is 0 Å². The Kier molecular flexibility index (Phi) is 6.21. The largest absolute Gasteiger partial charge is 0.299 e. The summed E-state index contributed by atoms with van der Waals surface area (Å²) in [5, 5.41) is 8.58. The van der Waals surface area contributed by atoms with Crippen LogP contribution >= 0.6 is 15.9 Å². The first-order chi connectivity index (χ1) is 5.16. The Labute approximate surface area is 74.2 Å². The molecule has 5 heteroatoms. The first kappa shape index (κ1) is 10.7.